The van der Waals surface area contributed by atoms with E-state index in [0.717, 1.165) is 37.2 Å². The van der Waals surface area contributed by atoms with Crippen LogP contribution in [0.5, 0.6) is 0 Å². The average Bonchev–Trinajstić information content (AvgIpc) is 2.61. The maximum Gasteiger partial charge on any atom is 0.224 e. The molecule has 1 aliphatic carbocycles. The van der Waals surface area contributed by atoms with Crippen molar-refractivity contribution in [2.75, 3.05) is 0 Å². The predicted octanol–water partition coefficient (Wildman–Crippen LogP) is 1.31. The molecule has 2 rings (SSSR count). The summed E-state index contributed by atoms with van der Waals surface area (Å²) >= 11 is 0. The van der Waals surface area contributed by atoms with E-state index in [1.54, 1.807) is 6.20 Å². The Morgan fingerprint density at radius 2 is 2.21 bits per heavy atom. The summed E-state index contributed by atoms with van der Waals surface area (Å²) in [4.78, 5) is 20.5. The van der Waals surface area contributed by atoms with Gasteiger partial charge in [0, 0.05) is 12.2 Å². The Labute approximate surface area is 114 Å². The predicted molar refractivity (Wildman–Crippen MR) is 73.2 cm³/mol. The summed E-state index contributed by atoms with van der Waals surface area (Å²) in [6, 6.07) is 1.81. The van der Waals surface area contributed by atoms with Crippen LogP contribution in [0, 0.1) is 12.8 Å². The Morgan fingerprint density at radius 3 is 3.00 bits per heavy atom. The highest BCUT2D eigenvalue weighted by atomic mass is 16.1. The molecule has 1 aliphatic rings. The molecular weight excluding hydrogens is 240 g/mol. The van der Waals surface area contributed by atoms with E-state index in [-0.39, 0.29) is 17.9 Å². The molecule has 1 aromatic rings. The summed E-state index contributed by atoms with van der Waals surface area (Å²) in [7, 11) is 0. The molecule has 0 aromatic carbocycles. The monoisotopic (exact) mass is 262 g/mol. The highest BCUT2D eigenvalue weighted by Crippen LogP contribution is 2.22. The van der Waals surface area contributed by atoms with Crippen molar-refractivity contribution in [3.05, 3.63) is 23.8 Å². The third kappa shape index (κ3) is 3.99. The fraction of sp³-hybridized carbons (Fsp3) is 0.643. The first-order valence-corrected chi connectivity index (χ1v) is 6.98. The van der Waals surface area contributed by atoms with Crippen LogP contribution in [0.3, 0.4) is 0 Å². The second kappa shape index (κ2) is 6.61. The van der Waals surface area contributed by atoms with Crippen molar-refractivity contribution in [2.45, 2.75) is 51.6 Å². The van der Waals surface area contributed by atoms with Gasteiger partial charge in [0.05, 0.1) is 18.2 Å². The number of nitrogens with two attached hydrogens (primary N) is 1. The van der Waals surface area contributed by atoms with E-state index >= 15 is 0 Å². The zero-order valence-corrected chi connectivity index (χ0v) is 11.4. The van der Waals surface area contributed by atoms with Crippen LogP contribution < -0.4 is 11.1 Å². The van der Waals surface area contributed by atoms with Gasteiger partial charge in [0.25, 0.3) is 0 Å². The van der Waals surface area contributed by atoms with Crippen LogP contribution in [0.2, 0.25) is 0 Å². The molecule has 5 heteroatoms. The number of carbonyl (C=O) groups excluding carboxylic acids is 1. The van der Waals surface area contributed by atoms with Crippen LogP contribution in [0.15, 0.2) is 12.3 Å². The molecular formula is C14H22N4O. The number of aryl methyl sites for hydroxylation is 1. The number of amides is 1. The van der Waals surface area contributed by atoms with Crippen LogP contribution in [-0.2, 0) is 11.3 Å². The Balaban J connectivity index is 1.89. The van der Waals surface area contributed by atoms with Crippen LogP contribution in [0.1, 0.15) is 43.6 Å². The van der Waals surface area contributed by atoms with Gasteiger partial charge in [0.1, 0.15) is 5.82 Å². The average molecular weight is 262 g/mol. The topological polar surface area (TPSA) is 80.9 Å². The molecule has 5 nitrogen and oxygen atoms in total. The van der Waals surface area contributed by atoms with Crippen molar-refractivity contribution in [2.24, 2.45) is 11.7 Å². The third-order valence-corrected chi connectivity index (χ3v) is 3.68. The molecule has 0 saturated heterocycles. The molecule has 1 heterocycles. The summed E-state index contributed by atoms with van der Waals surface area (Å²) in [5, 5.41) is 2.94. The number of nitrogens with one attached hydrogen (secondary N) is 1. The Kier molecular flexibility index (Phi) is 4.85. The highest BCUT2D eigenvalue weighted by molar-refractivity contribution is 5.79. The molecule has 0 aliphatic heterocycles. The van der Waals surface area contributed by atoms with Gasteiger partial charge in [0.2, 0.25) is 5.91 Å². The highest BCUT2D eigenvalue weighted by Gasteiger charge is 2.26. The first-order chi connectivity index (χ1) is 9.16. The molecule has 1 fully saturated rings. The van der Waals surface area contributed by atoms with Crippen molar-refractivity contribution in [1.29, 1.82) is 0 Å². The van der Waals surface area contributed by atoms with Crippen molar-refractivity contribution in [3.8, 4) is 0 Å². The lowest BCUT2D eigenvalue weighted by molar-refractivity contribution is -0.126. The molecule has 104 valence electrons. The lowest BCUT2D eigenvalue weighted by Gasteiger charge is -2.20. The zero-order chi connectivity index (χ0) is 13.7. The normalized spacial score (nSPS) is 23.7. The van der Waals surface area contributed by atoms with Crippen molar-refractivity contribution < 1.29 is 4.79 Å². The van der Waals surface area contributed by atoms with Gasteiger partial charge in [0.15, 0.2) is 0 Å². The van der Waals surface area contributed by atoms with Crippen LogP contribution >= 0.6 is 0 Å². The minimum absolute atomic E-state index is 0.00497. The molecule has 3 N–H and O–H groups in total. The molecule has 0 bridgehead atoms. The van der Waals surface area contributed by atoms with E-state index in [4.69, 9.17) is 5.73 Å². The standard InChI is InChI=1S/C14H22N4O/c1-10-16-8-7-11(18-10)9-17-14(19)12-5-3-2-4-6-13(12)15/h7-8,12-13H,2-6,9,15H2,1H3,(H,17,19). The molecule has 19 heavy (non-hydrogen) atoms. The van der Waals surface area contributed by atoms with Crippen LogP contribution in [0.4, 0.5) is 0 Å². The summed E-state index contributed by atoms with van der Waals surface area (Å²) in [5.74, 6) is 0.731. The van der Waals surface area contributed by atoms with E-state index in [1.165, 1.54) is 6.42 Å². The third-order valence-electron chi connectivity index (χ3n) is 3.68. The van der Waals surface area contributed by atoms with Crippen LogP contribution in [0.25, 0.3) is 0 Å². The minimum Gasteiger partial charge on any atom is -0.350 e. The molecule has 2 atom stereocenters. The van der Waals surface area contributed by atoms with Gasteiger partial charge in [-0.25, -0.2) is 9.97 Å². The van der Waals surface area contributed by atoms with E-state index in [2.05, 4.69) is 15.3 Å². The largest absolute Gasteiger partial charge is 0.350 e. The van der Waals surface area contributed by atoms with E-state index < -0.39 is 0 Å². The first-order valence-electron chi connectivity index (χ1n) is 6.98. The van der Waals surface area contributed by atoms with Gasteiger partial charge < -0.3 is 11.1 Å². The Morgan fingerprint density at radius 1 is 1.42 bits per heavy atom. The SMILES string of the molecule is Cc1nccc(CNC(=O)C2CCCCCC2N)n1. The molecule has 1 saturated carbocycles. The van der Waals surface area contributed by atoms with Gasteiger partial charge in [-0.3, -0.25) is 4.79 Å². The minimum atomic E-state index is -0.0505. The summed E-state index contributed by atoms with van der Waals surface area (Å²) < 4.78 is 0. The number of hydrogen-bond donors (Lipinski definition) is 2. The number of hydrogen-bond acceptors (Lipinski definition) is 4. The first kappa shape index (κ1) is 13.9. The molecule has 0 radical (unpaired) electrons. The van der Waals surface area contributed by atoms with Gasteiger partial charge >= 0.3 is 0 Å². The maximum absolute atomic E-state index is 12.2. The Hall–Kier alpha value is -1.49. The zero-order valence-electron chi connectivity index (χ0n) is 11.4. The summed E-state index contributed by atoms with van der Waals surface area (Å²) in [6.07, 6.45) is 6.97. The molecule has 1 amide bonds. The van der Waals surface area contributed by atoms with Gasteiger partial charge in [-0.1, -0.05) is 19.3 Å². The Bertz CT molecular complexity index is 435. The molecule has 1 aromatic heterocycles. The molecule has 2 unspecified atom stereocenters. The van der Waals surface area contributed by atoms with E-state index in [0.29, 0.717) is 6.54 Å². The van der Waals surface area contributed by atoms with E-state index in [9.17, 15) is 4.79 Å². The lowest BCUT2D eigenvalue weighted by atomic mass is 9.94. The second-order valence-corrected chi connectivity index (χ2v) is 5.22. The number of rotatable bonds is 3. The fourth-order valence-electron chi connectivity index (χ4n) is 2.57. The van der Waals surface area contributed by atoms with Crippen molar-refractivity contribution in [1.82, 2.24) is 15.3 Å². The quantitative estimate of drug-likeness (QED) is 0.805. The summed E-state index contributed by atoms with van der Waals surface area (Å²) in [6.45, 7) is 2.29. The van der Waals surface area contributed by atoms with Gasteiger partial charge in [-0.05, 0) is 25.8 Å². The van der Waals surface area contributed by atoms with Gasteiger partial charge in [-0.15, -0.1) is 0 Å². The van der Waals surface area contributed by atoms with Crippen molar-refractivity contribution in [3.63, 3.8) is 0 Å². The smallest absolute Gasteiger partial charge is 0.224 e. The number of carbonyl (C=O) groups is 1. The fourth-order valence-corrected chi connectivity index (χ4v) is 2.57. The number of nitrogens with zero attached hydrogens (tertiary/aromatic N) is 2. The molecule has 0 spiro atoms. The maximum atomic E-state index is 12.2. The van der Waals surface area contributed by atoms with Gasteiger partial charge in [-0.2, -0.15) is 0 Å². The second-order valence-electron chi connectivity index (χ2n) is 5.22. The van der Waals surface area contributed by atoms with Crippen LogP contribution in [-0.4, -0.2) is 21.9 Å². The van der Waals surface area contributed by atoms with Crippen molar-refractivity contribution >= 4 is 5.91 Å². The van der Waals surface area contributed by atoms with E-state index in [1.807, 2.05) is 13.0 Å². The number of aromatic nitrogens is 2. The summed E-state index contributed by atoms with van der Waals surface area (Å²) in [5.41, 5.74) is 6.92. The lowest BCUT2D eigenvalue weighted by Crippen LogP contribution is -2.41.